The molecule has 1 nitrogen and oxygen atoms in total. The highest BCUT2D eigenvalue weighted by molar-refractivity contribution is 7.80. The topological polar surface area (TPSA) is 26.0 Å². The molecule has 0 bridgehead atoms. The molecule has 0 spiro atoms. The van der Waals surface area contributed by atoms with Gasteiger partial charge in [-0.25, -0.2) is 8.78 Å². The molecule has 2 N–H and O–H groups in total. The lowest BCUT2D eigenvalue weighted by Gasteiger charge is -2.16. The first kappa shape index (κ1) is 11.5. The summed E-state index contributed by atoms with van der Waals surface area (Å²) < 4.78 is 26.9. The fourth-order valence-electron chi connectivity index (χ4n) is 1.20. The van der Waals surface area contributed by atoms with E-state index in [0.717, 1.165) is 0 Å². The number of hydrogen-bond acceptors (Lipinski definition) is 2. The van der Waals surface area contributed by atoms with Crippen molar-refractivity contribution < 1.29 is 8.78 Å². The summed E-state index contributed by atoms with van der Waals surface area (Å²) in [6, 6.07) is 6.05. The van der Waals surface area contributed by atoms with Gasteiger partial charge in [0.05, 0.1) is 0 Å². The zero-order chi connectivity index (χ0) is 10.6. The lowest BCUT2D eigenvalue weighted by molar-refractivity contribution is -0.0148. The van der Waals surface area contributed by atoms with Crippen molar-refractivity contribution in [1.29, 1.82) is 0 Å². The van der Waals surface area contributed by atoms with E-state index in [4.69, 9.17) is 5.73 Å². The van der Waals surface area contributed by atoms with E-state index in [1.807, 2.05) is 0 Å². The van der Waals surface area contributed by atoms with Gasteiger partial charge in [-0.15, -0.1) is 12.6 Å². The van der Waals surface area contributed by atoms with E-state index in [-0.39, 0.29) is 18.5 Å². The largest absolute Gasteiger partial charge is 0.330 e. The van der Waals surface area contributed by atoms with E-state index in [0.29, 0.717) is 11.3 Å². The molecule has 0 unspecified atom stereocenters. The summed E-state index contributed by atoms with van der Waals surface area (Å²) >= 11 is 4.02. The first-order chi connectivity index (χ1) is 6.56. The van der Waals surface area contributed by atoms with Crippen molar-refractivity contribution in [3.8, 4) is 0 Å². The minimum atomic E-state index is -2.79. The maximum atomic E-state index is 13.4. The third kappa shape index (κ3) is 2.96. The van der Waals surface area contributed by atoms with Crippen LogP contribution in [0.1, 0.15) is 18.4 Å². The number of hydrogen-bond donors (Lipinski definition) is 2. The van der Waals surface area contributed by atoms with Crippen LogP contribution in [0.25, 0.3) is 0 Å². The average Bonchev–Trinajstić information content (AvgIpc) is 2.15. The highest BCUT2D eigenvalue weighted by Gasteiger charge is 2.30. The first-order valence-corrected chi connectivity index (χ1v) is 4.88. The summed E-state index contributed by atoms with van der Waals surface area (Å²) in [7, 11) is 0. The minimum Gasteiger partial charge on any atom is -0.330 e. The first-order valence-electron chi connectivity index (χ1n) is 4.43. The van der Waals surface area contributed by atoms with Crippen molar-refractivity contribution in [3.63, 3.8) is 0 Å². The number of halogens is 2. The van der Waals surface area contributed by atoms with Gasteiger partial charge >= 0.3 is 0 Å². The maximum absolute atomic E-state index is 13.4. The lowest BCUT2D eigenvalue weighted by atomic mass is 10.0. The van der Waals surface area contributed by atoms with Crippen LogP contribution in [0.3, 0.4) is 0 Å². The normalized spacial score (nSPS) is 11.7. The van der Waals surface area contributed by atoms with Crippen molar-refractivity contribution >= 4 is 12.6 Å². The molecule has 0 amide bonds. The Labute approximate surface area is 87.7 Å². The van der Waals surface area contributed by atoms with Crippen molar-refractivity contribution in [3.05, 3.63) is 29.8 Å². The fraction of sp³-hybridized carbons (Fsp3) is 0.400. The summed E-state index contributed by atoms with van der Waals surface area (Å²) in [6.07, 6.45) is 0.116. The maximum Gasteiger partial charge on any atom is 0.273 e. The zero-order valence-corrected chi connectivity index (χ0v) is 8.61. The Kier molecular flexibility index (Phi) is 3.89. The smallest absolute Gasteiger partial charge is 0.273 e. The Hall–Kier alpha value is -0.610. The van der Waals surface area contributed by atoms with Gasteiger partial charge in [0.1, 0.15) is 0 Å². The lowest BCUT2D eigenvalue weighted by Crippen LogP contribution is -2.15. The number of nitrogens with two attached hydrogens (primary N) is 1. The Morgan fingerprint density at radius 2 is 2.07 bits per heavy atom. The van der Waals surface area contributed by atoms with Gasteiger partial charge in [0, 0.05) is 16.9 Å². The molecule has 78 valence electrons. The summed E-state index contributed by atoms with van der Waals surface area (Å²) in [4.78, 5) is 0.551. The van der Waals surface area contributed by atoms with E-state index in [1.165, 1.54) is 12.1 Å². The SMILES string of the molecule is NCCCC(F)(F)c1cccc(S)c1. The summed E-state index contributed by atoms with van der Waals surface area (Å²) in [5.74, 6) is -2.79. The zero-order valence-electron chi connectivity index (χ0n) is 7.71. The van der Waals surface area contributed by atoms with Crippen LogP contribution in [0.5, 0.6) is 0 Å². The quantitative estimate of drug-likeness (QED) is 0.745. The molecule has 0 radical (unpaired) electrons. The molecule has 1 rings (SSSR count). The molecule has 0 heterocycles. The molecule has 0 aromatic heterocycles. The van der Waals surface area contributed by atoms with Gasteiger partial charge in [0.25, 0.3) is 5.92 Å². The van der Waals surface area contributed by atoms with Crippen LogP contribution in [-0.4, -0.2) is 6.54 Å². The average molecular weight is 217 g/mol. The van der Waals surface area contributed by atoms with E-state index in [9.17, 15) is 8.78 Å². The molecular formula is C10H13F2NS. The molecule has 0 saturated heterocycles. The molecule has 0 atom stereocenters. The van der Waals surface area contributed by atoms with E-state index >= 15 is 0 Å². The van der Waals surface area contributed by atoms with E-state index in [1.54, 1.807) is 12.1 Å². The predicted octanol–water partition coefficient (Wildman–Crippen LogP) is 2.81. The number of rotatable bonds is 4. The van der Waals surface area contributed by atoms with E-state index < -0.39 is 5.92 Å². The van der Waals surface area contributed by atoms with Crippen LogP contribution in [0.15, 0.2) is 29.2 Å². The monoisotopic (exact) mass is 217 g/mol. The third-order valence-electron chi connectivity index (χ3n) is 1.96. The van der Waals surface area contributed by atoms with Gasteiger partial charge in [-0.2, -0.15) is 0 Å². The van der Waals surface area contributed by atoms with Crippen molar-refractivity contribution in [2.75, 3.05) is 6.54 Å². The summed E-state index contributed by atoms with van der Waals surface area (Å²) in [5, 5.41) is 0. The number of alkyl halides is 2. The molecule has 14 heavy (non-hydrogen) atoms. The fourth-order valence-corrected chi connectivity index (χ4v) is 1.43. The highest BCUT2D eigenvalue weighted by atomic mass is 32.1. The molecule has 0 aliphatic rings. The van der Waals surface area contributed by atoms with Crippen molar-refractivity contribution in [2.24, 2.45) is 5.73 Å². The van der Waals surface area contributed by atoms with Crippen LogP contribution >= 0.6 is 12.6 Å². The molecular weight excluding hydrogens is 204 g/mol. The summed E-state index contributed by atoms with van der Waals surface area (Å²) in [5.41, 5.74) is 5.21. The second kappa shape index (κ2) is 4.75. The van der Waals surface area contributed by atoms with E-state index in [2.05, 4.69) is 12.6 Å². The van der Waals surface area contributed by atoms with Crippen molar-refractivity contribution in [2.45, 2.75) is 23.7 Å². The minimum absolute atomic E-state index is 0.0125. The van der Waals surface area contributed by atoms with Crippen LogP contribution in [0.2, 0.25) is 0 Å². The molecule has 1 aromatic rings. The molecule has 0 fully saturated rings. The second-order valence-corrected chi connectivity index (χ2v) is 3.66. The van der Waals surface area contributed by atoms with Gasteiger partial charge < -0.3 is 5.73 Å². The second-order valence-electron chi connectivity index (χ2n) is 3.15. The van der Waals surface area contributed by atoms with Gasteiger partial charge in [0.2, 0.25) is 0 Å². The van der Waals surface area contributed by atoms with Gasteiger partial charge in [0.15, 0.2) is 0 Å². The number of thiol groups is 1. The Bertz CT molecular complexity index is 302. The van der Waals surface area contributed by atoms with Gasteiger partial charge in [-0.05, 0) is 25.1 Å². The van der Waals surface area contributed by atoms with Crippen LogP contribution < -0.4 is 5.73 Å². The van der Waals surface area contributed by atoms with Crippen molar-refractivity contribution in [1.82, 2.24) is 0 Å². The molecule has 1 aromatic carbocycles. The predicted molar refractivity (Wildman–Crippen MR) is 55.9 cm³/mol. The van der Waals surface area contributed by atoms with Gasteiger partial charge in [-0.3, -0.25) is 0 Å². The molecule has 4 heteroatoms. The Morgan fingerprint density at radius 1 is 1.36 bits per heavy atom. The highest BCUT2D eigenvalue weighted by Crippen LogP contribution is 2.33. The summed E-state index contributed by atoms with van der Waals surface area (Å²) in [6.45, 7) is 0.288. The molecule has 0 aliphatic heterocycles. The molecule has 0 saturated carbocycles. The van der Waals surface area contributed by atoms with Crippen LogP contribution in [-0.2, 0) is 5.92 Å². The third-order valence-corrected chi connectivity index (χ3v) is 2.24. The number of benzene rings is 1. The standard InChI is InChI=1S/C10H13F2NS/c11-10(12,5-2-6-13)8-3-1-4-9(14)7-8/h1,3-4,7,14H,2,5-6,13H2. The van der Waals surface area contributed by atoms with Crippen LogP contribution in [0, 0.1) is 0 Å². The van der Waals surface area contributed by atoms with Gasteiger partial charge in [-0.1, -0.05) is 12.1 Å². The Balaban J connectivity index is 2.80. The molecule has 0 aliphatic carbocycles. The van der Waals surface area contributed by atoms with Crippen LogP contribution in [0.4, 0.5) is 8.78 Å². The Morgan fingerprint density at radius 3 is 2.64 bits per heavy atom.